The first-order valence-corrected chi connectivity index (χ1v) is 8.42. The highest BCUT2D eigenvalue weighted by atomic mass is 16.9. The molecule has 26 heavy (non-hydrogen) atoms. The van der Waals surface area contributed by atoms with Crippen LogP contribution in [0.5, 0.6) is 0 Å². The fraction of sp³-hybridized carbons (Fsp3) is 0.556. The van der Waals surface area contributed by atoms with E-state index in [1.807, 2.05) is 6.92 Å². The number of hydrogen-bond acceptors (Lipinski definition) is 8. The predicted octanol–water partition coefficient (Wildman–Crippen LogP) is 2.32. The van der Waals surface area contributed by atoms with Crippen molar-refractivity contribution in [2.24, 2.45) is 0 Å². The first-order valence-electron chi connectivity index (χ1n) is 8.42. The first kappa shape index (κ1) is 21.4. The summed E-state index contributed by atoms with van der Waals surface area (Å²) in [5.41, 5.74) is -0.221. The lowest BCUT2D eigenvalue weighted by molar-refractivity contribution is -0.328. The third kappa shape index (κ3) is 6.34. The molecule has 0 aliphatic carbocycles. The van der Waals surface area contributed by atoms with Crippen molar-refractivity contribution in [2.45, 2.75) is 58.3 Å². The minimum Gasteiger partial charge on any atom is -0.462 e. The SMILES string of the molecule is C=C(CC(=O)OC1(CCC)OC(=O)CC(=C)C(=O)O1)C(=O)OCCCC. The molecule has 0 aromatic carbocycles. The molecule has 1 aliphatic rings. The zero-order chi connectivity index (χ0) is 19.7. The molecular weight excluding hydrogens is 344 g/mol. The van der Waals surface area contributed by atoms with Crippen LogP contribution in [0.4, 0.5) is 0 Å². The van der Waals surface area contributed by atoms with Gasteiger partial charge in [-0.3, -0.25) is 9.59 Å². The lowest BCUT2D eigenvalue weighted by Crippen LogP contribution is -2.43. The summed E-state index contributed by atoms with van der Waals surface area (Å²) >= 11 is 0. The topological polar surface area (TPSA) is 105 Å². The van der Waals surface area contributed by atoms with Gasteiger partial charge in [-0.2, -0.15) is 0 Å². The van der Waals surface area contributed by atoms with Gasteiger partial charge >= 0.3 is 29.9 Å². The lowest BCUT2D eigenvalue weighted by Gasteiger charge is -2.29. The van der Waals surface area contributed by atoms with Gasteiger partial charge in [-0.15, -0.1) is 0 Å². The maximum absolute atomic E-state index is 12.1. The second-order valence-corrected chi connectivity index (χ2v) is 5.82. The summed E-state index contributed by atoms with van der Waals surface area (Å²) in [6.07, 6.45) is 1.02. The standard InChI is InChI=1S/C18H24O8/c1-5-7-9-23-16(21)12(3)10-14(19)24-18(8-6-2)25-15(20)11-13(4)17(22)26-18/h3-11H2,1-2H3. The summed E-state index contributed by atoms with van der Waals surface area (Å²) in [6, 6.07) is 0. The van der Waals surface area contributed by atoms with Gasteiger partial charge in [-0.25, -0.2) is 9.59 Å². The van der Waals surface area contributed by atoms with Crippen LogP contribution in [0.1, 0.15) is 52.4 Å². The number of rotatable bonds is 9. The third-order valence-corrected chi connectivity index (χ3v) is 3.37. The Bertz CT molecular complexity index is 606. The van der Waals surface area contributed by atoms with Crippen LogP contribution in [0.3, 0.4) is 0 Å². The number of unbranched alkanes of at least 4 members (excludes halogenated alkanes) is 1. The van der Waals surface area contributed by atoms with Gasteiger partial charge in [0.05, 0.1) is 25.9 Å². The van der Waals surface area contributed by atoms with Crippen molar-refractivity contribution in [2.75, 3.05) is 6.61 Å². The van der Waals surface area contributed by atoms with Gasteiger partial charge < -0.3 is 18.9 Å². The van der Waals surface area contributed by atoms with Gasteiger partial charge in [0.15, 0.2) is 0 Å². The second-order valence-electron chi connectivity index (χ2n) is 5.82. The smallest absolute Gasteiger partial charge is 0.423 e. The van der Waals surface area contributed by atoms with Crippen LogP contribution in [-0.2, 0) is 38.1 Å². The van der Waals surface area contributed by atoms with Gasteiger partial charge in [0.2, 0.25) is 0 Å². The second kappa shape index (κ2) is 9.74. The van der Waals surface area contributed by atoms with Crippen LogP contribution in [0.2, 0.25) is 0 Å². The summed E-state index contributed by atoms with van der Waals surface area (Å²) in [6.45, 7) is 10.8. The molecule has 0 radical (unpaired) electrons. The molecule has 0 amide bonds. The Morgan fingerprint density at radius 1 is 1.19 bits per heavy atom. The lowest BCUT2D eigenvalue weighted by atomic mass is 10.2. The Morgan fingerprint density at radius 3 is 2.50 bits per heavy atom. The average molecular weight is 368 g/mol. The number of ether oxygens (including phenoxy) is 4. The van der Waals surface area contributed by atoms with Crippen LogP contribution in [0.25, 0.3) is 0 Å². The van der Waals surface area contributed by atoms with E-state index in [9.17, 15) is 19.2 Å². The highest BCUT2D eigenvalue weighted by molar-refractivity contribution is 5.95. The van der Waals surface area contributed by atoms with E-state index in [4.69, 9.17) is 18.9 Å². The molecule has 1 aliphatic heterocycles. The van der Waals surface area contributed by atoms with Crippen molar-refractivity contribution in [1.29, 1.82) is 0 Å². The molecule has 0 saturated carbocycles. The largest absolute Gasteiger partial charge is 0.462 e. The van der Waals surface area contributed by atoms with E-state index in [1.165, 1.54) is 0 Å². The molecule has 8 heteroatoms. The molecule has 1 heterocycles. The molecule has 1 unspecified atom stereocenters. The molecular formula is C18H24O8. The van der Waals surface area contributed by atoms with Crippen molar-refractivity contribution < 1.29 is 38.1 Å². The molecule has 1 fully saturated rings. The molecule has 0 spiro atoms. The molecule has 1 rings (SSSR count). The van der Waals surface area contributed by atoms with E-state index in [0.717, 1.165) is 6.42 Å². The van der Waals surface area contributed by atoms with Gasteiger partial charge in [0, 0.05) is 11.1 Å². The molecule has 1 saturated heterocycles. The van der Waals surface area contributed by atoms with E-state index in [1.54, 1.807) is 6.92 Å². The fourth-order valence-electron chi connectivity index (χ4n) is 2.06. The zero-order valence-corrected chi connectivity index (χ0v) is 15.1. The molecule has 0 aromatic heterocycles. The van der Waals surface area contributed by atoms with Crippen LogP contribution in [0, 0.1) is 0 Å². The average Bonchev–Trinajstić information content (AvgIpc) is 2.63. The quantitative estimate of drug-likeness (QED) is 0.347. The van der Waals surface area contributed by atoms with Gasteiger partial charge in [-0.05, 0) is 12.8 Å². The number of hydrogen-bond donors (Lipinski definition) is 0. The van der Waals surface area contributed by atoms with Crippen molar-refractivity contribution in [3.63, 3.8) is 0 Å². The fourth-order valence-corrected chi connectivity index (χ4v) is 2.06. The third-order valence-electron chi connectivity index (χ3n) is 3.37. The maximum atomic E-state index is 12.1. The van der Waals surface area contributed by atoms with Crippen molar-refractivity contribution >= 4 is 23.9 Å². The van der Waals surface area contributed by atoms with E-state index < -0.39 is 36.3 Å². The molecule has 1 atom stereocenters. The van der Waals surface area contributed by atoms with E-state index in [2.05, 4.69) is 13.2 Å². The molecule has 0 bridgehead atoms. The molecule has 0 N–H and O–H groups in total. The summed E-state index contributed by atoms with van der Waals surface area (Å²) in [5, 5.41) is 0. The first-order chi connectivity index (χ1) is 12.2. The molecule has 144 valence electrons. The summed E-state index contributed by atoms with van der Waals surface area (Å²) in [4.78, 5) is 47.6. The van der Waals surface area contributed by atoms with Gasteiger partial charge in [0.1, 0.15) is 0 Å². The van der Waals surface area contributed by atoms with Crippen molar-refractivity contribution in [3.05, 3.63) is 24.3 Å². The minimum absolute atomic E-state index is 0.0586. The van der Waals surface area contributed by atoms with Crippen molar-refractivity contribution in [3.8, 4) is 0 Å². The highest BCUT2D eigenvalue weighted by Crippen LogP contribution is 2.29. The maximum Gasteiger partial charge on any atom is 0.423 e. The number of carbonyl (C=O) groups is 4. The van der Waals surface area contributed by atoms with E-state index >= 15 is 0 Å². The van der Waals surface area contributed by atoms with Crippen LogP contribution in [-0.4, -0.2) is 36.5 Å². The van der Waals surface area contributed by atoms with Crippen LogP contribution < -0.4 is 0 Å². The van der Waals surface area contributed by atoms with E-state index in [-0.39, 0.29) is 30.6 Å². The summed E-state index contributed by atoms with van der Waals surface area (Å²) in [5.74, 6) is -5.53. The summed E-state index contributed by atoms with van der Waals surface area (Å²) in [7, 11) is 0. The Balaban J connectivity index is 2.76. The Morgan fingerprint density at radius 2 is 1.88 bits per heavy atom. The monoisotopic (exact) mass is 368 g/mol. The Labute approximate surface area is 152 Å². The summed E-state index contributed by atoms with van der Waals surface area (Å²) < 4.78 is 20.1. The van der Waals surface area contributed by atoms with E-state index in [0.29, 0.717) is 12.8 Å². The highest BCUT2D eigenvalue weighted by Gasteiger charge is 2.46. The van der Waals surface area contributed by atoms with Gasteiger partial charge in [-0.1, -0.05) is 33.4 Å². The normalized spacial score (nSPS) is 19.8. The minimum atomic E-state index is -2.17. The Hall–Kier alpha value is -2.64. The number of carbonyl (C=O) groups excluding carboxylic acids is 4. The van der Waals surface area contributed by atoms with Crippen molar-refractivity contribution in [1.82, 2.24) is 0 Å². The number of cyclic esters (lactones) is 2. The van der Waals surface area contributed by atoms with Gasteiger partial charge in [0.25, 0.3) is 0 Å². The molecule has 8 nitrogen and oxygen atoms in total. The van der Waals surface area contributed by atoms with Crippen LogP contribution >= 0.6 is 0 Å². The van der Waals surface area contributed by atoms with Crippen LogP contribution in [0.15, 0.2) is 24.3 Å². The predicted molar refractivity (Wildman–Crippen MR) is 89.3 cm³/mol. The number of esters is 4. The zero-order valence-electron chi connectivity index (χ0n) is 15.1. The molecule has 0 aromatic rings. The Kier molecular flexibility index (Phi) is 8.02.